The normalized spacial score (nSPS) is 21.2. The van der Waals surface area contributed by atoms with Crippen molar-refractivity contribution in [3.8, 4) is 0 Å². The summed E-state index contributed by atoms with van der Waals surface area (Å²) in [4.78, 5) is 10.4. The lowest BCUT2D eigenvalue weighted by atomic mass is 10.3. The Bertz CT molecular complexity index is 340. The molecule has 4 heteroatoms. The van der Waals surface area contributed by atoms with Gasteiger partial charge < -0.3 is 10.0 Å². The molecule has 1 aliphatic heterocycles. The minimum absolute atomic E-state index is 0.225. The zero-order chi connectivity index (χ0) is 9.97. The van der Waals surface area contributed by atoms with E-state index in [2.05, 4.69) is 21.4 Å². The van der Waals surface area contributed by atoms with E-state index in [1.54, 1.807) is 12.3 Å². The molecule has 0 amide bonds. The maximum absolute atomic E-state index is 9.38. The van der Waals surface area contributed by atoms with Gasteiger partial charge in [0.15, 0.2) is 5.82 Å². The summed E-state index contributed by atoms with van der Waals surface area (Å²) in [7, 11) is 0. The highest BCUT2D eigenvalue weighted by Gasteiger charge is 2.21. The van der Waals surface area contributed by atoms with E-state index in [4.69, 9.17) is 0 Å². The number of hydrogen-bond donors (Lipinski definition) is 1. The van der Waals surface area contributed by atoms with E-state index in [1.807, 2.05) is 6.07 Å². The second-order valence-electron chi connectivity index (χ2n) is 3.37. The molecular weight excluding hydrogens is 178 g/mol. The summed E-state index contributed by atoms with van der Waals surface area (Å²) in [6.45, 7) is 5.14. The number of anilines is 1. The highest BCUT2D eigenvalue weighted by atomic mass is 16.3. The minimum Gasteiger partial charge on any atom is -0.391 e. The van der Waals surface area contributed by atoms with Crippen LogP contribution < -0.4 is 4.90 Å². The molecule has 2 heterocycles. The minimum atomic E-state index is -0.225. The molecule has 1 aliphatic rings. The van der Waals surface area contributed by atoms with Crippen molar-refractivity contribution in [2.75, 3.05) is 18.0 Å². The lowest BCUT2D eigenvalue weighted by Gasteiger charge is -2.16. The molecule has 1 saturated heterocycles. The van der Waals surface area contributed by atoms with Crippen LogP contribution in [0.3, 0.4) is 0 Å². The highest BCUT2D eigenvalue weighted by Crippen LogP contribution is 2.17. The van der Waals surface area contributed by atoms with E-state index < -0.39 is 0 Å². The molecule has 74 valence electrons. The van der Waals surface area contributed by atoms with E-state index >= 15 is 0 Å². The third kappa shape index (κ3) is 1.75. The van der Waals surface area contributed by atoms with Crippen molar-refractivity contribution in [3.05, 3.63) is 24.7 Å². The smallest absolute Gasteiger partial charge is 0.153 e. The van der Waals surface area contributed by atoms with Crippen LogP contribution in [0, 0.1) is 0 Å². The van der Waals surface area contributed by atoms with Crippen molar-refractivity contribution in [1.82, 2.24) is 9.97 Å². The van der Waals surface area contributed by atoms with Crippen molar-refractivity contribution in [1.29, 1.82) is 0 Å². The number of nitrogens with zero attached hydrogens (tertiary/aromatic N) is 3. The van der Waals surface area contributed by atoms with Crippen LogP contribution >= 0.6 is 0 Å². The molecular formula is C10H13N3O. The van der Waals surface area contributed by atoms with Crippen molar-refractivity contribution >= 4 is 11.9 Å². The zero-order valence-electron chi connectivity index (χ0n) is 7.93. The molecule has 0 aliphatic carbocycles. The molecule has 0 bridgehead atoms. The van der Waals surface area contributed by atoms with Crippen LogP contribution in [-0.4, -0.2) is 34.3 Å². The monoisotopic (exact) mass is 191 g/mol. The molecule has 14 heavy (non-hydrogen) atoms. The second-order valence-corrected chi connectivity index (χ2v) is 3.37. The quantitative estimate of drug-likeness (QED) is 0.747. The third-order valence-corrected chi connectivity index (χ3v) is 2.33. The lowest BCUT2D eigenvalue weighted by molar-refractivity contribution is 0.198. The fraction of sp³-hybridized carbons (Fsp3) is 0.400. The van der Waals surface area contributed by atoms with Gasteiger partial charge in [-0.25, -0.2) is 9.97 Å². The number of aromatic nitrogens is 2. The van der Waals surface area contributed by atoms with Crippen molar-refractivity contribution in [2.45, 2.75) is 12.5 Å². The first-order valence-corrected chi connectivity index (χ1v) is 4.68. The summed E-state index contributed by atoms with van der Waals surface area (Å²) >= 11 is 0. The Hall–Kier alpha value is -1.42. The van der Waals surface area contributed by atoms with E-state index in [-0.39, 0.29) is 6.10 Å². The predicted octanol–water partition coefficient (Wildman–Crippen LogP) is 0.691. The Morgan fingerprint density at radius 1 is 1.64 bits per heavy atom. The Kier molecular flexibility index (Phi) is 2.45. The number of aliphatic hydroxyl groups is 1. The van der Waals surface area contributed by atoms with Crippen LogP contribution in [0.15, 0.2) is 18.8 Å². The Morgan fingerprint density at radius 3 is 3.14 bits per heavy atom. The van der Waals surface area contributed by atoms with Crippen LogP contribution in [0.5, 0.6) is 0 Å². The molecule has 0 saturated carbocycles. The number of hydrogen-bond acceptors (Lipinski definition) is 4. The van der Waals surface area contributed by atoms with E-state index in [0.29, 0.717) is 12.4 Å². The molecule has 2 rings (SSSR count). The fourth-order valence-electron chi connectivity index (χ4n) is 1.59. The maximum atomic E-state index is 9.38. The molecule has 1 aromatic rings. The summed E-state index contributed by atoms with van der Waals surface area (Å²) in [5, 5.41) is 9.38. The summed E-state index contributed by atoms with van der Waals surface area (Å²) in [5.41, 5.74) is 0. The van der Waals surface area contributed by atoms with Gasteiger partial charge in [0, 0.05) is 19.3 Å². The molecule has 0 unspecified atom stereocenters. The average Bonchev–Trinajstić information content (AvgIpc) is 2.65. The predicted molar refractivity (Wildman–Crippen MR) is 55.0 cm³/mol. The zero-order valence-corrected chi connectivity index (χ0v) is 7.93. The van der Waals surface area contributed by atoms with Crippen LogP contribution in [0.2, 0.25) is 0 Å². The largest absolute Gasteiger partial charge is 0.391 e. The number of aliphatic hydroxyl groups excluding tert-OH is 1. The maximum Gasteiger partial charge on any atom is 0.153 e. The van der Waals surface area contributed by atoms with Crippen LogP contribution in [-0.2, 0) is 0 Å². The molecule has 1 atom stereocenters. The van der Waals surface area contributed by atoms with Crippen LogP contribution in [0.25, 0.3) is 6.08 Å². The molecule has 0 spiro atoms. The first-order chi connectivity index (χ1) is 6.79. The summed E-state index contributed by atoms with van der Waals surface area (Å²) < 4.78 is 0. The molecule has 1 aromatic heterocycles. The molecule has 4 nitrogen and oxygen atoms in total. The lowest BCUT2D eigenvalue weighted by Crippen LogP contribution is -2.22. The van der Waals surface area contributed by atoms with Gasteiger partial charge >= 0.3 is 0 Å². The van der Waals surface area contributed by atoms with Gasteiger partial charge in [-0.2, -0.15) is 0 Å². The molecule has 0 radical (unpaired) electrons. The summed E-state index contributed by atoms with van der Waals surface area (Å²) in [5.74, 6) is 1.50. The Labute approximate surface area is 82.9 Å². The molecule has 0 aromatic carbocycles. The fourth-order valence-corrected chi connectivity index (χ4v) is 1.59. The van der Waals surface area contributed by atoms with Gasteiger partial charge in [0.2, 0.25) is 0 Å². The Balaban J connectivity index is 2.19. The summed E-state index contributed by atoms with van der Waals surface area (Å²) in [6.07, 6.45) is 3.92. The summed E-state index contributed by atoms with van der Waals surface area (Å²) in [6, 6.07) is 1.85. The number of β-amino-alcohol motifs (C(OH)–C–C–N with tert-alkyl or cyclic N) is 1. The van der Waals surface area contributed by atoms with Gasteiger partial charge in [0.25, 0.3) is 0 Å². The Morgan fingerprint density at radius 2 is 2.50 bits per heavy atom. The van der Waals surface area contributed by atoms with Gasteiger partial charge in [0.1, 0.15) is 5.82 Å². The van der Waals surface area contributed by atoms with Gasteiger partial charge in [-0.3, -0.25) is 0 Å². The number of rotatable bonds is 2. The topological polar surface area (TPSA) is 49.2 Å². The highest BCUT2D eigenvalue weighted by molar-refractivity contribution is 5.44. The molecule has 1 fully saturated rings. The average molecular weight is 191 g/mol. The van der Waals surface area contributed by atoms with E-state index in [0.717, 1.165) is 18.8 Å². The first kappa shape index (κ1) is 9.15. The SMILES string of the molecule is C=Cc1nccc(N2CC[C@H](O)C2)n1. The van der Waals surface area contributed by atoms with Crippen LogP contribution in [0.4, 0.5) is 5.82 Å². The van der Waals surface area contributed by atoms with E-state index in [9.17, 15) is 5.11 Å². The standard InChI is InChI=1S/C10H13N3O/c1-2-9-11-5-3-10(12-9)13-6-4-8(14)7-13/h2-3,5,8,14H,1,4,6-7H2/t8-/m0/s1. The second kappa shape index (κ2) is 3.75. The van der Waals surface area contributed by atoms with Gasteiger partial charge in [-0.1, -0.05) is 6.58 Å². The third-order valence-electron chi connectivity index (χ3n) is 2.33. The van der Waals surface area contributed by atoms with Crippen LogP contribution in [0.1, 0.15) is 12.2 Å². The van der Waals surface area contributed by atoms with E-state index in [1.165, 1.54) is 0 Å². The van der Waals surface area contributed by atoms with Gasteiger partial charge in [-0.05, 0) is 18.6 Å². The van der Waals surface area contributed by atoms with Crippen molar-refractivity contribution < 1.29 is 5.11 Å². The van der Waals surface area contributed by atoms with Gasteiger partial charge in [-0.15, -0.1) is 0 Å². The van der Waals surface area contributed by atoms with Crippen molar-refractivity contribution in [2.24, 2.45) is 0 Å². The van der Waals surface area contributed by atoms with Crippen molar-refractivity contribution in [3.63, 3.8) is 0 Å². The molecule has 1 N–H and O–H groups in total. The first-order valence-electron chi connectivity index (χ1n) is 4.68. The van der Waals surface area contributed by atoms with Gasteiger partial charge in [0.05, 0.1) is 6.10 Å².